The van der Waals surface area contributed by atoms with E-state index in [0.717, 1.165) is 17.7 Å². The Morgan fingerprint density at radius 2 is 2.00 bits per heavy atom. The maximum atomic E-state index is 13.2. The van der Waals surface area contributed by atoms with Gasteiger partial charge in [-0.2, -0.15) is 0 Å². The standard InChI is InChI=1S/C13H13F2N3/c1-17-13(9-7-18-5-4-12(9)16)8-2-3-10(14)11(15)6-8/h2-7,13,17H,1H3,(H2,16,18). The fourth-order valence-electron chi connectivity index (χ4n) is 1.85. The quantitative estimate of drug-likeness (QED) is 0.877. The Kier molecular flexibility index (Phi) is 3.53. The van der Waals surface area contributed by atoms with E-state index in [1.807, 2.05) is 0 Å². The summed E-state index contributed by atoms with van der Waals surface area (Å²) in [5.41, 5.74) is 7.73. The third-order valence-electron chi connectivity index (χ3n) is 2.76. The summed E-state index contributed by atoms with van der Waals surface area (Å²) in [6, 6.07) is 5.12. The van der Waals surface area contributed by atoms with E-state index in [1.54, 1.807) is 25.5 Å². The summed E-state index contributed by atoms with van der Waals surface area (Å²) in [6.45, 7) is 0. The van der Waals surface area contributed by atoms with Gasteiger partial charge in [0.25, 0.3) is 0 Å². The van der Waals surface area contributed by atoms with Crippen LogP contribution in [0.25, 0.3) is 0 Å². The van der Waals surface area contributed by atoms with Crippen LogP contribution in [0.4, 0.5) is 14.5 Å². The smallest absolute Gasteiger partial charge is 0.159 e. The first kappa shape index (κ1) is 12.4. The number of halogens is 2. The predicted octanol–water partition coefficient (Wildman–Crippen LogP) is 2.25. The van der Waals surface area contributed by atoms with Gasteiger partial charge in [-0.1, -0.05) is 6.07 Å². The molecule has 94 valence electrons. The maximum absolute atomic E-state index is 13.2. The first-order valence-electron chi connectivity index (χ1n) is 5.45. The Balaban J connectivity index is 2.45. The molecule has 18 heavy (non-hydrogen) atoms. The molecule has 1 aromatic carbocycles. The first-order valence-corrected chi connectivity index (χ1v) is 5.45. The molecule has 0 bridgehead atoms. The van der Waals surface area contributed by atoms with Gasteiger partial charge in [-0.25, -0.2) is 8.78 Å². The van der Waals surface area contributed by atoms with Crippen LogP contribution in [-0.4, -0.2) is 12.0 Å². The van der Waals surface area contributed by atoms with Crippen molar-refractivity contribution in [2.75, 3.05) is 12.8 Å². The lowest BCUT2D eigenvalue weighted by molar-refractivity contribution is 0.505. The van der Waals surface area contributed by atoms with Crippen molar-refractivity contribution in [1.29, 1.82) is 0 Å². The van der Waals surface area contributed by atoms with Crippen LogP contribution in [0.3, 0.4) is 0 Å². The lowest BCUT2D eigenvalue weighted by atomic mass is 9.99. The molecular formula is C13H13F2N3. The Morgan fingerprint density at radius 1 is 1.22 bits per heavy atom. The maximum Gasteiger partial charge on any atom is 0.159 e. The third kappa shape index (κ3) is 2.31. The van der Waals surface area contributed by atoms with Crippen molar-refractivity contribution in [2.24, 2.45) is 0 Å². The molecule has 0 aliphatic rings. The fraction of sp³-hybridized carbons (Fsp3) is 0.154. The number of nitrogens with zero attached hydrogens (tertiary/aromatic N) is 1. The topological polar surface area (TPSA) is 50.9 Å². The normalized spacial score (nSPS) is 12.4. The zero-order valence-corrected chi connectivity index (χ0v) is 9.82. The van der Waals surface area contributed by atoms with E-state index in [0.29, 0.717) is 11.3 Å². The summed E-state index contributed by atoms with van der Waals surface area (Å²) in [4.78, 5) is 3.99. The van der Waals surface area contributed by atoms with Gasteiger partial charge >= 0.3 is 0 Å². The second-order valence-corrected chi connectivity index (χ2v) is 3.90. The highest BCUT2D eigenvalue weighted by atomic mass is 19.2. The van der Waals surface area contributed by atoms with Crippen molar-refractivity contribution in [1.82, 2.24) is 10.3 Å². The minimum absolute atomic E-state index is 0.325. The number of anilines is 1. The van der Waals surface area contributed by atoms with Gasteiger partial charge in [0, 0.05) is 23.6 Å². The van der Waals surface area contributed by atoms with Crippen molar-refractivity contribution in [2.45, 2.75) is 6.04 Å². The van der Waals surface area contributed by atoms with Crippen molar-refractivity contribution < 1.29 is 8.78 Å². The molecule has 1 heterocycles. The minimum Gasteiger partial charge on any atom is -0.398 e. The van der Waals surface area contributed by atoms with Gasteiger partial charge < -0.3 is 11.1 Å². The number of nitrogens with two attached hydrogens (primary N) is 1. The van der Waals surface area contributed by atoms with Gasteiger partial charge in [0.15, 0.2) is 11.6 Å². The van der Waals surface area contributed by atoms with Crippen molar-refractivity contribution in [3.05, 3.63) is 59.4 Å². The summed E-state index contributed by atoms with van der Waals surface area (Å²) in [6.07, 6.45) is 3.19. The zero-order chi connectivity index (χ0) is 13.1. The Morgan fingerprint density at radius 3 is 2.61 bits per heavy atom. The monoisotopic (exact) mass is 249 g/mol. The molecule has 0 radical (unpaired) electrons. The van der Waals surface area contributed by atoms with Gasteiger partial charge in [0.2, 0.25) is 0 Å². The molecule has 0 amide bonds. The van der Waals surface area contributed by atoms with Crippen LogP contribution in [-0.2, 0) is 0 Å². The molecule has 0 spiro atoms. The largest absolute Gasteiger partial charge is 0.398 e. The molecule has 0 saturated carbocycles. The SMILES string of the molecule is CNC(c1ccc(F)c(F)c1)c1cnccc1N. The van der Waals surface area contributed by atoms with Crippen molar-refractivity contribution >= 4 is 5.69 Å². The number of aromatic nitrogens is 1. The van der Waals surface area contributed by atoms with E-state index in [9.17, 15) is 8.78 Å². The summed E-state index contributed by atoms with van der Waals surface area (Å²) < 4.78 is 26.2. The third-order valence-corrected chi connectivity index (χ3v) is 2.76. The Bertz CT molecular complexity index is 558. The number of nitrogens with one attached hydrogen (secondary N) is 1. The first-order chi connectivity index (χ1) is 8.63. The average Bonchev–Trinajstić information content (AvgIpc) is 2.37. The fourth-order valence-corrected chi connectivity index (χ4v) is 1.85. The van der Waals surface area contributed by atoms with Crippen LogP contribution in [0.5, 0.6) is 0 Å². The highest BCUT2D eigenvalue weighted by Gasteiger charge is 2.16. The van der Waals surface area contributed by atoms with E-state index in [-0.39, 0.29) is 6.04 Å². The number of pyridine rings is 1. The zero-order valence-electron chi connectivity index (χ0n) is 9.82. The highest BCUT2D eigenvalue weighted by Crippen LogP contribution is 2.26. The van der Waals surface area contributed by atoms with Crippen LogP contribution < -0.4 is 11.1 Å². The van der Waals surface area contributed by atoms with Gasteiger partial charge in [-0.3, -0.25) is 4.98 Å². The second-order valence-electron chi connectivity index (χ2n) is 3.90. The van der Waals surface area contributed by atoms with E-state index >= 15 is 0 Å². The summed E-state index contributed by atoms with van der Waals surface area (Å²) >= 11 is 0. The summed E-state index contributed by atoms with van der Waals surface area (Å²) in [5, 5.41) is 3.01. The van der Waals surface area contributed by atoms with Gasteiger partial charge in [0.05, 0.1) is 6.04 Å². The van der Waals surface area contributed by atoms with E-state index in [1.165, 1.54) is 6.07 Å². The lowest BCUT2D eigenvalue weighted by Gasteiger charge is -2.18. The van der Waals surface area contributed by atoms with Crippen LogP contribution in [0.15, 0.2) is 36.7 Å². The van der Waals surface area contributed by atoms with Gasteiger partial charge in [-0.05, 0) is 30.8 Å². The molecule has 0 aliphatic heterocycles. The molecule has 2 aromatic rings. The van der Waals surface area contributed by atoms with E-state index in [2.05, 4.69) is 10.3 Å². The molecule has 5 heteroatoms. The lowest BCUT2D eigenvalue weighted by Crippen LogP contribution is -2.19. The van der Waals surface area contributed by atoms with Crippen LogP contribution in [0.1, 0.15) is 17.2 Å². The molecule has 0 fully saturated rings. The predicted molar refractivity (Wildman–Crippen MR) is 65.9 cm³/mol. The average molecular weight is 249 g/mol. The molecule has 3 N–H and O–H groups in total. The molecular weight excluding hydrogens is 236 g/mol. The van der Waals surface area contributed by atoms with Crippen molar-refractivity contribution in [3.63, 3.8) is 0 Å². The number of hydrogen-bond acceptors (Lipinski definition) is 3. The molecule has 1 aromatic heterocycles. The molecule has 1 unspecified atom stereocenters. The Hall–Kier alpha value is -2.01. The summed E-state index contributed by atoms with van der Waals surface area (Å²) in [5.74, 6) is -1.75. The van der Waals surface area contributed by atoms with E-state index in [4.69, 9.17) is 5.73 Å². The minimum atomic E-state index is -0.879. The number of benzene rings is 1. The van der Waals surface area contributed by atoms with Crippen LogP contribution in [0, 0.1) is 11.6 Å². The van der Waals surface area contributed by atoms with Gasteiger partial charge in [0.1, 0.15) is 0 Å². The molecule has 0 aliphatic carbocycles. The summed E-state index contributed by atoms with van der Waals surface area (Å²) in [7, 11) is 1.72. The number of nitrogen functional groups attached to an aromatic ring is 1. The second kappa shape index (κ2) is 5.10. The highest BCUT2D eigenvalue weighted by molar-refractivity contribution is 5.49. The molecule has 3 nitrogen and oxygen atoms in total. The van der Waals surface area contributed by atoms with E-state index < -0.39 is 11.6 Å². The van der Waals surface area contributed by atoms with Gasteiger partial charge in [-0.15, -0.1) is 0 Å². The molecule has 2 rings (SSSR count). The molecule has 0 saturated heterocycles. The van der Waals surface area contributed by atoms with Crippen molar-refractivity contribution in [3.8, 4) is 0 Å². The molecule has 1 atom stereocenters. The van der Waals surface area contributed by atoms with Crippen LogP contribution >= 0.6 is 0 Å². The number of rotatable bonds is 3. The van der Waals surface area contributed by atoms with Crippen LogP contribution in [0.2, 0.25) is 0 Å². The Labute approximate surface area is 104 Å². The number of hydrogen-bond donors (Lipinski definition) is 2.